The van der Waals surface area contributed by atoms with Crippen LogP contribution in [-0.2, 0) is 11.4 Å². The maximum Gasteiger partial charge on any atom is 0.283 e. The standard InChI is InChI=1S/C25H18Cl2N4O3S2/c1-2-33-20-12-14(6-8-19(20)34-13-15-5-7-17(26)18(27)11-15)10-16-22(28)31-25(29-23(16)32)36-24(30-31)21-4-3-9-35-21/h3-12,28H,2,13H2,1H3. The van der Waals surface area contributed by atoms with Crippen molar-refractivity contribution in [3.05, 3.63) is 85.5 Å². The molecule has 0 fully saturated rings. The summed E-state index contributed by atoms with van der Waals surface area (Å²) in [6, 6.07) is 14.5. The molecular weight excluding hydrogens is 539 g/mol. The number of halogens is 2. The van der Waals surface area contributed by atoms with Gasteiger partial charge in [-0.1, -0.05) is 41.4 Å². The Morgan fingerprint density at radius 2 is 1.94 bits per heavy atom. The molecule has 2 aliphatic heterocycles. The van der Waals surface area contributed by atoms with Crippen molar-refractivity contribution in [3.8, 4) is 11.5 Å². The van der Waals surface area contributed by atoms with E-state index in [1.165, 1.54) is 16.8 Å². The second-order valence-electron chi connectivity index (χ2n) is 7.58. The highest BCUT2D eigenvalue weighted by atomic mass is 35.5. The predicted octanol–water partition coefficient (Wildman–Crippen LogP) is 6.70. The fourth-order valence-electron chi connectivity index (χ4n) is 3.45. The number of aliphatic imine (C=N–C) groups is 1. The summed E-state index contributed by atoms with van der Waals surface area (Å²) in [5, 5.41) is 18.5. The number of amidine groups is 2. The molecule has 0 bridgehead atoms. The number of carbonyl (C=O) groups excluding carboxylic acids is 1. The maximum atomic E-state index is 12.8. The fourth-order valence-corrected chi connectivity index (χ4v) is 5.45. The number of hydrazone groups is 1. The number of carbonyl (C=O) groups is 1. The van der Waals surface area contributed by atoms with Crippen molar-refractivity contribution < 1.29 is 14.3 Å². The lowest BCUT2D eigenvalue weighted by atomic mass is 10.1. The Labute approximate surface area is 225 Å². The van der Waals surface area contributed by atoms with E-state index < -0.39 is 5.91 Å². The van der Waals surface area contributed by atoms with Gasteiger partial charge < -0.3 is 9.47 Å². The van der Waals surface area contributed by atoms with Gasteiger partial charge in [-0.15, -0.1) is 11.3 Å². The maximum absolute atomic E-state index is 12.8. The summed E-state index contributed by atoms with van der Waals surface area (Å²) in [5.41, 5.74) is 1.67. The Bertz CT molecular complexity index is 1450. The van der Waals surface area contributed by atoms with E-state index in [1.807, 2.05) is 30.5 Å². The molecule has 0 unspecified atom stereocenters. The van der Waals surface area contributed by atoms with Crippen LogP contribution in [0.25, 0.3) is 6.08 Å². The first-order valence-electron chi connectivity index (χ1n) is 10.8. The smallest absolute Gasteiger partial charge is 0.283 e. The molecule has 36 heavy (non-hydrogen) atoms. The zero-order chi connectivity index (χ0) is 25.2. The lowest BCUT2D eigenvalue weighted by Gasteiger charge is -2.20. The van der Waals surface area contributed by atoms with E-state index in [-0.39, 0.29) is 18.0 Å². The number of nitrogens with one attached hydrogen (secondary N) is 1. The van der Waals surface area contributed by atoms with Crippen LogP contribution in [0.3, 0.4) is 0 Å². The number of fused-ring (bicyclic) bond motifs is 1. The van der Waals surface area contributed by atoms with Gasteiger partial charge in [-0.25, -0.2) is 0 Å². The highest BCUT2D eigenvalue weighted by Gasteiger charge is 2.36. The summed E-state index contributed by atoms with van der Waals surface area (Å²) in [6.07, 6.45) is 1.61. The molecule has 2 aromatic carbocycles. The molecule has 3 aromatic rings. The van der Waals surface area contributed by atoms with Gasteiger partial charge in [0.15, 0.2) is 17.3 Å². The number of amides is 1. The first-order valence-corrected chi connectivity index (χ1v) is 13.3. The van der Waals surface area contributed by atoms with Gasteiger partial charge in [0, 0.05) is 0 Å². The van der Waals surface area contributed by atoms with Crippen molar-refractivity contribution in [2.24, 2.45) is 10.1 Å². The van der Waals surface area contributed by atoms with E-state index in [4.69, 9.17) is 38.1 Å². The number of ether oxygens (including phenoxy) is 2. The van der Waals surface area contributed by atoms with Gasteiger partial charge in [0.05, 0.1) is 27.1 Å². The summed E-state index contributed by atoms with van der Waals surface area (Å²) >= 11 is 14.9. The molecule has 11 heteroatoms. The Morgan fingerprint density at radius 1 is 1.08 bits per heavy atom. The highest BCUT2D eigenvalue weighted by Crippen LogP contribution is 2.34. The Kier molecular flexibility index (Phi) is 7.15. The van der Waals surface area contributed by atoms with Gasteiger partial charge in [-0.3, -0.25) is 10.2 Å². The molecule has 0 radical (unpaired) electrons. The monoisotopic (exact) mass is 556 g/mol. The quantitative estimate of drug-likeness (QED) is 0.327. The molecule has 0 aliphatic carbocycles. The average Bonchev–Trinajstić information content (AvgIpc) is 3.54. The summed E-state index contributed by atoms with van der Waals surface area (Å²) < 4.78 is 11.7. The number of nitrogens with zero attached hydrogens (tertiary/aromatic N) is 3. The number of thiophene rings is 1. The zero-order valence-corrected chi connectivity index (χ0v) is 22.0. The van der Waals surface area contributed by atoms with Crippen LogP contribution in [-0.4, -0.2) is 33.6 Å². The van der Waals surface area contributed by atoms with E-state index in [9.17, 15) is 4.79 Å². The molecule has 1 amide bonds. The van der Waals surface area contributed by atoms with Crippen molar-refractivity contribution in [1.82, 2.24) is 5.01 Å². The molecule has 3 heterocycles. The zero-order valence-electron chi connectivity index (χ0n) is 18.8. The summed E-state index contributed by atoms with van der Waals surface area (Å²) in [7, 11) is 0. The Balaban J connectivity index is 1.38. The lowest BCUT2D eigenvalue weighted by molar-refractivity contribution is -0.114. The van der Waals surface area contributed by atoms with Crippen LogP contribution >= 0.6 is 46.3 Å². The van der Waals surface area contributed by atoms with Gasteiger partial charge >= 0.3 is 0 Å². The van der Waals surface area contributed by atoms with Gasteiger partial charge in [0.25, 0.3) is 5.91 Å². The molecule has 0 saturated carbocycles. The van der Waals surface area contributed by atoms with Gasteiger partial charge in [-0.05, 0) is 71.6 Å². The summed E-state index contributed by atoms with van der Waals surface area (Å²) in [6.45, 7) is 2.57. The first kappa shape index (κ1) is 24.6. The van der Waals surface area contributed by atoms with Crippen LogP contribution in [0.2, 0.25) is 10.0 Å². The molecule has 1 aromatic heterocycles. The fraction of sp³-hybridized carbons (Fsp3) is 0.120. The van der Waals surface area contributed by atoms with E-state index >= 15 is 0 Å². The lowest BCUT2D eigenvalue weighted by Crippen LogP contribution is -2.35. The van der Waals surface area contributed by atoms with Crippen molar-refractivity contribution in [2.45, 2.75) is 13.5 Å². The third-order valence-corrected chi connectivity index (χ3v) is 7.83. The minimum absolute atomic E-state index is 0.0260. The van der Waals surface area contributed by atoms with Crippen LogP contribution in [0, 0.1) is 5.41 Å². The minimum Gasteiger partial charge on any atom is -0.490 e. The number of thioether (sulfide) groups is 1. The van der Waals surface area contributed by atoms with E-state index in [2.05, 4.69) is 10.1 Å². The SMILES string of the molecule is CCOc1cc(C=C2C(=N)N3N=C(c4cccs4)SC3=NC2=O)ccc1OCc1ccc(Cl)c(Cl)c1. The van der Waals surface area contributed by atoms with E-state index in [0.29, 0.717) is 43.9 Å². The molecule has 5 rings (SSSR count). The van der Waals surface area contributed by atoms with Crippen molar-refractivity contribution in [1.29, 1.82) is 5.41 Å². The number of hydrogen-bond acceptors (Lipinski definition) is 7. The molecule has 0 spiro atoms. The molecule has 0 saturated heterocycles. The molecule has 1 N–H and O–H groups in total. The van der Waals surface area contributed by atoms with Crippen molar-refractivity contribution in [3.63, 3.8) is 0 Å². The average molecular weight is 557 g/mol. The summed E-state index contributed by atoms with van der Waals surface area (Å²) in [5.74, 6) is 0.540. The summed E-state index contributed by atoms with van der Waals surface area (Å²) in [4.78, 5) is 17.9. The Morgan fingerprint density at radius 3 is 2.69 bits per heavy atom. The van der Waals surface area contributed by atoms with Crippen molar-refractivity contribution in [2.75, 3.05) is 6.61 Å². The largest absolute Gasteiger partial charge is 0.490 e. The molecule has 0 atom stereocenters. The first-order chi connectivity index (χ1) is 17.4. The molecule has 7 nitrogen and oxygen atoms in total. The van der Waals surface area contributed by atoms with Crippen LogP contribution in [0.4, 0.5) is 0 Å². The van der Waals surface area contributed by atoms with Crippen molar-refractivity contribution >= 4 is 74.3 Å². The van der Waals surface area contributed by atoms with Crippen LogP contribution in [0.15, 0.2) is 69.6 Å². The normalized spacial score (nSPS) is 16.2. The molecule has 2 aliphatic rings. The number of rotatable bonds is 7. The van der Waals surface area contributed by atoms with Crippen LogP contribution in [0.1, 0.15) is 22.9 Å². The van der Waals surface area contributed by atoms with Gasteiger partial charge in [-0.2, -0.15) is 15.1 Å². The predicted molar refractivity (Wildman–Crippen MR) is 147 cm³/mol. The molecular formula is C25H18Cl2N4O3S2. The van der Waals surface area contributed by atoms with Crippen LogP contribution in [0.5, 0.6) is 11.5 Å². The molecule has 182 valence electrons. The topological polar surface area (TPSA) is 87.3 Å². The number of benzene rings is 2. The van der Waals surface area contributed by atoms with Gasteiger partial charge in [0.2, 0.25) is 5.17 Å². The Hall–Kier alpha value is -3.11. The third kappa shape index (κ3) is 5.05. The second kappa shape index (κ2) is 10.5. The third-order valence-electron chi connectivity index (χ3n) is 5.14. The van der Waals surface area contributed by atoms with E-state index in [1.54, 1.807) is 47.7 Å². The minimum atomic E-state index is -0.487. The van der Waals surface area contributed by atoms with E-state index in [0.717, 1.165) is 10.4 Å². The second-order valence-corrected chi connectivity index (χ2v) is 10.3. The number of hydrogen-bond donors (Lipinski definition) is 1. The van der Waals surface area contributed by atoms with Gasteiger partial charge in [0.1, 0.15) is 11.7 Å². The van der Waals surface area contributed by atoms with Crippen LogP contribution < -0.4 is 9.47 Å². The highest BCUT2D eigenvalue weighted by molar-refractivity contribution is 8.27.